The molecule has 0 atom stereocenters. The standard InChI is InChI=1S/C14H9ClF3NO3/c1-21-13(20)12-10(15)5-6-11(19-12)8-3-2-4-9(7-8)22-14(16,17)18/h2-7H,1H3. The van der Waals surface area contributed by atoms with Crippen molar-refractivity contribution >= 4 is 17.6 Å². The molecule has 0 aliphatic heterocycles. The number of ether oxygens (including phenoxy) is 2. The molecule has 116 valence electrons. The second-order valence-electron chi connectivity index (χ2n) is 4.09. The van der Waals surface area contributed by atoms with E-state index in [-0.39, 0.29) is 22.2 Å². The van der Waals surface area contributed by atoms with Gasteiger partial charge in [0.05, 0.1) is 17.8 Å². The van der Waals surface area contributed by atoms with Gasteiger partial charge in [0.25, 0.3) is 0 Å². The number of pyridine rings is 1. The van der Waals surface area contributed by atoms with E-state index in [2.05, 4.69) is 14.5 Å². The maximum absolute atomic E-state index is 12.2. The Balaban J connectivity index is 2.40. The second-order valence-corrected chi connectivity index (χ2v) is 4.50. The first-order valence-electron chi connectivity index (χ1n) is 5.91. The smallest absolute Gasteiger partial charge is 0.464 e. The molecule has 1 aromatic carbocycles. The van der Waals surface area contributed by atoms with Crippen molar-refractivity contribution in [2.75, 3.05) is 7.11 Å². The molecule has 2 aromatic rings. The van der Waals surface area contributed by atoms with Crippen LogP contribution >= 0.6 is 11.6 Å². The quantitative estimate of drug-likeness (QED) is 0.795. The number of alkyl halides is 3. The van der Waals surface area contributed by atoms with Crippen LogP contribution in [0.3, 0.4) is 0 Å². The Bertz CT molecular complexity index is 704. The van der Waals surface area contributed by atoms with Gasteiger partial charge in [-0.15, -0.1) is 13.2 Å². The van der Waals surface area contributed by atoms with Crippen LogP contribution in [0.5, 0.6) is 5.75 Å². The molecule has 0 fully saturated rings. The van der Waals surface area contributed by atoms with E-state index in [9.17, 15) is 18.0 Å². The van der Waals surface area contributed by atoms with Crippen molar-refractivity contribution in [2.24, 2.45) is 0 Å². The molecule has 1 aromatic heterocycles. The predicted octanol–water partition coefficient (Wildman–Crippen LogP) is 4.09. The van der Waals surface area contributed by atoms with Gasteiger partial charge in [0.15, 0.2) is 5.69 Å². The van der Waals surface area contributed by atoms with E-state index in [0.29, 0.717) is 5.56 Å². The average Bonchev–Trinajstić information content (AvgIpc) is 2.45. The highest BCUT2D eigenvalue weighted by Crippen LogP contribution is 2.28. The molecule has 0 N–H and O–H groups in total. The number of benzene rings is 1. The lowest BCUT2D eigenvalue weighted by Crippen LogP contribution is -2.17. The van der Waals surface area contributed by atoms with Crippen molar-refractivity contribution < 1.29 is 27.4 Å². The van der Waals surface area contributed by atoms with Gasteiger partial charge in [0.2, 0.25) is 0 Å². The number of nitrogens with zero attached hydrogens (tertiary/aromatic N) is 1. The lowest BCUT2D eigenvalue weighted by atomic mass is 10.1. The highest BCUT2D eigenvalue weighted by atomic mass is 35.5. The Morgan fingerprint density at radius 1 is 1.23 bits per heavy atom. The van der Waals surface area contributed by atoms with Crippen LogP contribution in [0.1, 0.15) is 10.5 Å². The van der Waals surface area contributed by atoms with E-state index >= 15 is 0 Å². The lowest BCUT2D eigenvalue weighted by Gasteiger charge is -2.10. The Morgan fingerprint density at radius 3 is 2.59 bits per heavy atom. The second kappa shape index (κ2) is 6.23. The molecule has 0 aliphatic carbocycles. The number of halogens is 4. The van der Waals surface area contributed by atoms with Gasteiger partial charge in [-0.2, -0.15) is 0 Å². The molecule has 0 saturated heterocycles. The monoisotopic (exact) mass is 331 g/mol. The largest absolute Gasteiger partial charge is 0.573 e. The minimum Gasteiger partial charge on any atom is -0.464 e. The van der Waals surface area contributed by atoms with Crippen molar-refractivity contribution in [1.82, 2.24) is 4.98 Å². The van der Waals surface area contributed by atoms with E-state index in [0.717, 1.165) is 12.1 Å². The third-order valence-corrected chi connectivity index (χ3v) is 2.89. The first kappa shape index (κ1) is 16.1. The van der Waals surface area contributed by atoms with Crippen LogP contribution in [0.2, 0.25) is 5.02 Å². The molecule has 22 heavy (non-hydrogen) atoms. The number of carbonyl (C=O) groups excluding carboxylic acids is 1. The van der Waals surface area contributed by atoms with Crippen molar-refractivity contribution in [1.29, 1.82) is 0 Å². The van der Waals surface area contributed by atoms with Gasteiger partial charge < -0.3 is 9.47 Å². The number of hydrogen-bond acceptors (Lipinski definition) is 4. The van der Waals surface area contributed by atoms with Crippen LogP contribution in [0.4, 0.5) is 13.2 Å². The molecule has 4 nitrogen and oxygen atoms in total. The number of esters is 1. The van der Waals surface area contributed by atoms with E-state index in [1.54, 1.807) is 0 Å². The van der Waals surface area contributed by atoms with E-state index < -0.39 is 12.3 Å². The van der Waals surface area contributed by atoms with Crippen molar-refractivity contribution in [2.45, 2.75) is 6.36 Å². The fourth-order valence-electron chi connectivity index (χ4n) is 1.70. The third kappa shape index (κ3) is 3.88. The normalized spacial score (nSPS) is 11.1. The number of hydrogen-bond donors (Lipinski definition) is 0. The summed E-state index contributed by atoms with van der Waals surface area (Å²) >= 11 is 5.84. The maximum atomic E-state index is 12.2. The van der Waals surface area contributed by atoms with Gasteiger partial charge in [-0.3, -0.25) is 0 Å². The summed E-state index contributed by atoms with van der Waals surface area (Å²) in [7, 11) is 1.17. The van der Waals surface area contributed by atoms with Gasteiger partial charge in [0.1, 0.15) is 5.75 Å². The molecule has 1 heterocycles. The number of aromatic nitrogens is 1. The molecule has 0 unspecified atom stereocenters. The van der Waals surface area contributed by atoms with Gasteiger partial charge in [-0.1, -0.05) is 23.7 Å². The summed E-state index contributed by atoms with van der Waals surface area (Å²) in [6, 6.07) is 8.11. The molecule has 8 heteroatoms. The average molecular weight is 332 g/mol. The number of methoxy groups -OCH3 is 1. The topological polar surface area (TPSA) is 48.4 Å². The fourth-order valence-corrected chi connectivity index (χ4v) is 1.88. The Labute approximate surface area is 128 Å². The molecular formula is C14H9ClF3NO3. The molecular weight excluding hydrogens is 323 g/mol. The van der Waals surface area contributed by atoms with Gasteiger partial charge >= 0.3 is 12.3 Å². The SMILES string of the molecule is COC(=O)c1nc(-c2cccc(OC(F)(F)F)c2)ccc1Cl. The molecule has 0 saturated carbocycles. The van der Waals surface area contributed by atoms with Gasteiger partial charge in [-0.05, 0) is 24.3 Å². The lowest BCUT2D eigenvalue weighted by molar-refractivity contribution is -0.274. The fraction of sp³-hybridized carbons (Fsp3) is 0.143. The Morgan fingerprint density at radius 2 is 1.95 bits per heavy atom. The predicted molar refractivity (Wildman–Crippen MR) is 72.7 cm³/mol. The zero-order valence-electron chi connectivity index (χ0n) is 11.1. The zero-order valence-corrected chi connectivity index (χ0v) is 11.9. The van der Waals surface area contributed by atoms with Crippen molar-refractivity contribution in [3.8, 4) is 17.0 Å². The van der Waals surface area contributed by atoms with Gasteiger partial charge in [-0.25, -0.2) is 9.78 Å². The third-order valence-electron chi connectivity index (χ3n) is 2.59. The molecule has 0 radical (unpaired) electrons. The highest BCUT2D eigenvalue weighted by Gasteiger charge is 2.31. The van der Waals surface area contributed by atoms with Crippen molar-refractivity contribution in [3.63, 3.8) is 0 Å². The minimum atomic E-state index is -4.79. The molecule has 2 rings (SSSR count). The Kier molecular flexibility index (Phi) is 4.56. The first-order chi connectivity index (χ1) is 10.3. The molecule has 0 spiro atoms. The van der Waals surface area contributed by atoms with Crippen LogP contribution < -0.4 is 4.74 Å². The first-order valence-corrected chi connectivity index (χ1v) is 6.29. The van der Waals surface area contributed by atoms with Crippen LogP contribution in [0.25, 0.3) is 11.3 Å². The van der Waals surface area contributed by atoms with Crippen LogP contribution in [-0.4, -0.2) is 24.4 Å². The Hall–Kier alpha value is -2.28. The van der Waals surface area contributed by atoms with Crippen LogP contribution in [0, 0.1) is 0 Å². The zero-order chi connectivity index (χ0) is 16.3. The maximum Gasteiger partial charge on any atom is 0.573 e. The number of rotatable bonds is 3. The summed E-state index contributed by atoms with van der Waals surface area (Å²) in [5.74, 6) is -1.13. The van der Waals surface area contributed by atoms with Crippen LogP contribution in [-0.2, 0) is 4.74 Å². The van der Waals surface area contributed by atoms with E-state index in [1.807, 2.05) is 0 Å². The molecule has 0 amide bonds. The van der Waals surface area contributed by atoms with E-state index in [1.165, 1.54) is 31.4 Å². The summed E-state index contributed by atoms with van der Waals surface area (Å²) in [6.45, 7) is 0. The van der Waals surface area contributed by atoms with Crippen LogP contribution in [0.15, 0.2) is 36.4 Å². The van der Waals surface area contributed by atoms with Crippen molar-refractivity contribution in [3.05, 3.63) is 47.1 Å². The summed E-state index contributed by atoms with van der Waals surface area (Å²) in [5, 5.41) is 0.0818. The number of carbonyl (C=O) groups is 1. The molecule has 0 bridgehead atoms. The summed E-state index contributed by atoms with van der Waals surface area (Å²) in [5.41, 5.74) is 0.477. The summed E-state index contributed by atoms with van der Waals surface area (Å²) < 4.78 is 45.1. The summed E-state index contributed by atoms with van der Waals surface area (Å²) in [4.78, 5) is 15.5. The van der Waals surface area contributed by atoms with Gasteiger partial charge in [0, 0.05) is 5.56 Å². The summed E-state index contributed by atoms with van der Waals surface area (Å²) in [6.07, 6.45) is -4.79. The minimum absolute atomic E-state index is 0.0818. The molecule has 0 aliphatic rings. The highest BCUT2D eigenvalue weighted by molar-refractivity contribution is 6.33. The van der Waals surface area contributed by atoms with E-state index in [4.69, 9.17) is 11.6 Å².